The Balaban J connectivity index is 1.75. The molecule has 3 aromatic rings. The predicted octanol–water partition coefficient (Wildman–Crippen LogP) is 4.78. The maximum atomic E-state index is 13.4. The minimum atomic E-state index is -4.05. The summed E-state index contributed by atoms with van der Waals surface area (Å²) < 4.78 is 43.1. The number of ketones is 1. The first-order valence-electron chi connectivity index (χ1n) is 8.66. The first-order valence-corrected chi connectivity index (χ1v) is 10.1. The van der Waals surface area contributed by atoms with Crippen molar-refractivity contribution >= 4 is 15.9 Å². The van der Waals surface area contributed by atoms with E-state index in [-0.39, 0.29) is 10.7 Å². The first kappa shape index (κ1) is 19.9. The van der Waals surface area contributed by atoms with Gasteiger partial charge in [-0.3, -0.25) is 8.98 Å². The minimum Gasteiger partial charge on any atom is -0.291 e. The molecule has 0 radical (unpaired) electrons. The molecule has 144 valence electrons. The third-order valence-corrected chi connectivity index (χ3v) is 5.67. The zero-order chi connectivity index (χ0) is 20.3. The molecule has 1 atom stereocenters. The van der Waals surface area contributed by atoms with E-state index in [4.69, 9.17) is 4.18 Å². The van der Waals surface area contributed by atoms with Crippen LogP contribution in [0, 0.1) is 12.7 Å². The largest absolute Gasteiger partial charge is 0.297 e. The molecule has 3 aromatic carbocycles. The van der Waals surface area contributed by atoms with Crippen molar-refractivity contribution in [2.75, 3.05) is 0 Å². The van der Waals surface area contributed by atoms with Gasteiger partial charge in [-0.1, -0.05) is 54.1 Å². The van der Waals surface area contributed by atoms with Crippen molar-refractivity contribution in [2.45, 2.75) is 24.8 Å². The van der Waals surface area contributed by atoms with Crippen LogP contribution < -0.4 is 0 Å². The topological polar surface area (TPSA) is 60.4 Å². The highest BCUT2D eigenvalue weighted by Crippen LogP contribution is 2.22. The van der Waals surface area contributed by atoms with Crippen molar-refractivity contribution in [1.29, 1.82) is 0 Å². The molecule has 0 spiro atoms. The normalized spacial score (nSPS) is 12.5. The van der Waals surface area contributed by atoms with Crippen molar-refractivity contribution in [1.82, 2.24) is 0 Å². The van der Waals surface area contributed by atoms with Crippen LogP contribution in [0.15, 0.2) is 77.7 Å². The molecule has 6 heteroatoms. The van der Waals surface area contributed by atoms with Crippen LogP contribution in [0.3, 0.4) is 0 Å². The second-order valence-electron chi connectivity index (χ2n) is 6.46. The van der Waals surface area contributed by atoms with E-state index in [1.54, 1.807) is 48.5 Å². The van der Waals surface area contributed by atoms with Crippen LogP contribution in [-0.2, 0) is 14.3 Å². The fourth-order valence-electron chi connectivity index (χ4n) is 2.72. The third kappa shape index (κ3) is 4.52. The lowest BCUT2D eigenvalue weighted by atomic mass is 10.0. The Kier molecular flexibility index (Phi) is 5.72. The number of benzene rings is 3. The van der Waals surface area contributed by atoms with E-state index in [1.165, 1.54) is 31.2 Å². The maximum Gasteiger partial charge on any atom is 0.297 e. The van der Waals surface area contributed by atoms with Crippen molar-refractivity contribution in [3.63, 3.8) is 0 Å². The molecule has 3 rings (SSSR count). The molecule has 0 unspecified atom stereocenters. The standard InChI is InChI=1S/C22H19FO4S/c1-15-6-12-21(13-7-15)28(25,26)27-16(2)22(24)18-10-8-17(9-11-18)19-4-3-5-20(23)14-19/h3-14,16H,1-2H3/t16-/m1/s1. The van der Waals surface area contributed by atoms with Crippen LogP contribution in [-0.4, -0.2) is 20.3 Å². The molecule has 4 nitrogen and oxygen atoms in total. The Morgan fingerprint density at radius 1 is 0.929 bits per heavy atom. The van der Waals surface area contributed by atoms with E-state index >= 15 is 0 Å². The lowest BCUT2D eigenvalue weighted by Crippen LogP contribution is -2.24. The number of halogens is 1. The van der Waals surface area contributed by atoms with Gasteiger partial charge in [0, 0.05) is 5.56 Å². The molecule has 0 heterocycles. The van der Waals surface area contributed by atoms with Crippen LogP contribution in [0.1, 0.15) is 22.8 Å². The van der Waals surface area contributed by atoms with Gasteiger partial charge in [-0.05, 0) is 49.2 Å². The summed E-state index contributed by atoms with van der Waals surface area (Å²) in [6.45, 7) is 3.24. The molecule has 0 aliphatic rings. The van der Waals surface area contributed by atoms with Gasteiger partial charge in [0.15, 0.2) is 5.78 Å². The van der Waals surface area contributed by atoms with E-state index in [0.29, 0.717) is 11.1 Å². The summed E-state index contributed by atoms with van der Waals surface area (Å²) in [5.41, 5.74) is 2.66. The monoisotopic (exact) mass is 398 g/mol. The number of Topliss-reactive ketones (excluding diaryl/α,β-unsaturated/α-hetero) is 1. The zero-order valence-corrected chi connectivity index (χ0v) is 16.2. The number of carbonyl (C=O) groups excluding carboxylic acids is 1. The van der Waals surface area contributed by atoms with Gasteiger partial charge in [-0.2, -0.15) is 8.42 Å². The fraction of sp³-hybridized carbons (Fsp3) is 0.136. The van der Waals surface area contributed by atoms with Gasteiger partial charge in [0.2, 0.25) is 0 Å². The van der Waals surface area contributed by atoms with Crippen LogP contribution in [0.4, 0.5) is 4.39 Å². The Hall–Kier alpha value is -2.83. The number of aryl methyl sites for hydroxylation is 1. The van der Waals surface area contributed by atoms with Crippen molar-refractivity contribution in [3.8, 4) is 11.1 Å². The van der Waals surface area contributed by atoms with E-state index < -0.39 is 22.0 Å². The van der Waals surface area contributed by atoms with Gasteiger partial charge >= 0.3 is 0 Å². The van der Waals surface area contributed by atoms with Crippen molar-refractivity contribution < 1.29 is 21.8 Å². The van der Waals surface area contributed by atoms with E-state index in [9.17, 15) is 17.6 Å². The fourth-order valence-corrected chi connectivity index (χ4v) is 3.77. The quantitative estimate of drug-likeness (QED) is 0.443. The number of rotatable bonds is 6. The SMILES string of the molecule is Cc1ccc(S(=O)(=O)O[C@H](C)C(=O)c2ccc(-c3cccc(F)c3)cc2)cc1. The van der Waals surface area contributed by atoms with Crippen LogP contribution in [0.25, 0.3) is 11.1 Å². The van der Waals surface area contributed by atoms with Crippen molar-refractivity contribution in [3.05, 3.63) is 89.7 Å². The molecule has 0 aliphatic heterocycles. The summed E-state index contributed by atoms with van der Waals surface area (Å²) in [7, 11) is -4.05. The predicted molar refractivity (Wildman–Crippen MR) is 105 cm³/mol. The average Bonchev–Trinajstić information content (AvgIpc) is 2.67. The highest BCUT2D eigenvalue weighted by atomic mass is 32.2. The Labute approximate surface area is 163 Å². The Bertz CT molecular complexity index is 1090. The molecular weight excluding hydrogens is 379 g/mol. The molecule has 0 saturated carbocycles. The van der Waals surface area contributed by atoms with E-state index in [2.05, 4.69) is 0 Å². The molecule has 0 fully saturated rings. The summed E-state index contributed by atoms with van der Waals surface area (Å²) in [4.78, 5) is 12.6. The highest BCUT2D eigenvalue weighted by Gasteiger charge is 2.24. The van der Waals surface area contributed by atoms with Gasteiger partial charge < -0.3 is 0 Å². The van der Waals surface area contributed by atoms with Crippen molar-refractivity contribution in [2.24, 2.45) is 0 Å². The molecule has 0 aromatic heterocycles. The molecular formula is C22H19FO4S. The molecule has 0 amide bonds. The second-order valence-corrected chi connectivity index (χ2v) is 8.03. The second kappa shape index (κ2) is 8.04. The average molecular weight is 398 g/mol. The molecule has 0 bridgehead atoms. The van der Waals surface area contributed by atoms with E-state index in [0.717, 1.165) is 11.1 Å². The smallest absolute Gasteiger partial charge is 0.291 e. The Morgan fingerprint density at radius 2 is 1.57 bits per heavy atom. The molecule has 0 N–H and O–H groups in total. The van der Waals surface area contributed by atoms with Gasteiger partial charge in [-0.15, -0.1) is 0 Å². The van der Waals surface area contributed by atoms with Gasteiger partial charge in [0.05, 0.1) is 4.90 Å². The van der Waals surface area contributed by atoms with Crippen LogP contribution in [0.5, 0.6) is 0 Å². The molecule has 28 heavy (non-hydrogen) atoms. The highest BCUT2D eigenvalue weighted by molar-refractivity contribution is 7.86. The minimum absolute atomic E-state index is 0.000739. The summed E-state index contributed by atoms with van der Waals surface area (Å²) in [5, 5.41) is 0. The lowest BCUT2D eigenvalue weighted by Gasteiger charge is -2.13. The number of hydrogen-bond donors (Lipinski definition) is 0. The summed E-state index contributed by atoms with van der Waals surface area (Å²) in [6.07, 6.45) is -1.17. The zero-order valence-electron chi connectivity index (χ0n) is 15.4. The third-order valence-electron chi connectivity index (χ3n) is 4.28. The Morgan fingerprint density at radius 3 is 2.18 bits per heavy atom. The van der Waals surface area contributed by atoms with Crippen LogP contribution >= 0.6 is 0 Å². The first-order chi connectivity index (χ1) is 13.3. The molecule has 0 saturated heterocycles. The van der Waals surface area contributed by atoms with Gasteiger partial charge in [0.1, 0.15) is 11.9 Å². The summed E-state index contributed by atoms with van der Waals surface area (Å²) in [6, 6.07) is 18.8. The summed E-state index contributed by atoms with van der Waals surface area (Å²) >= 11 is 0. The summed E-state index contributed by atoms with van der Waals surface area (Å²) in [5.74, 6) is -0.803. The van der Waals surface area contributed by atoms with E-state index in [1.807, 2.05) is 6.92 Å². The van der Waals surface area contributed by atoms with Crippen LogP contribution in [0.2, 0.25) is 0 Å². The molecule has 0 aliphatic carbocycles. The number of hydrogen-bond acceptors (Lipinski definition) is 4. The lowest BCUT2D eigenvalue weighted by molar-refractivity contribution is 0.0826. The maximum absolute atomic E-state index is 13.4. The number of carbonyl (C=O) groups is 1. The van der Waals surface area contributed by atoms with Gasteiger partial charge in [0.25, 0.3) is 10.1 Å². The van der Waals surface area contributed by atoms with Gasteiger partial charge in [-0.25, -0.2) is 4.39 Å².